The fourth-order valence-electron chi connectivity index (χ4n) is 2.47. The van der Waals surface area contributed by atoms with Crippen LogP contribution in [-0.2, 0) is 12.8 Å². The molecule has 0 fully saturated rings. The molecule has 124 valence electrons. The lowest BCUT2D eigenvalue weighted by atomic mass is 10.2. The summed E-state index contributed by atoms with van der Waals surface area (Å²) in [5.74, 6) is -0.124. The molecule has 0 bridgehead atoms. The Balaban J connectivity index is 1.75. The van der Waals surface area contributed by atoms with Crippen molar-refractivity contribution in [2.24, 2.45) is 0 Å². The van der Waals surface area contributed by atoms with Gasteiger partial charge in [0.15, 0.2) is 5.13 Å². The second kappa shape index (κ2) is 7.23. The lowest BCUT2D eigenvalue weighted by molar-refractivity contribution is 0.103. The van der Waals surface area contributed by atoms with Crippen molar-refractivity contribution in [3.8, 4) is 0 Å². The number of rotatable bonds is 5. The molecule has 6 heteroatoms. The summed E-state index contributed by atoms with van der Waals surface area (Å²) in [6.45, 7) is 5.98. The third kappa shape index (κ3) is 3.71. The normalized spacial score (nSPS) is 10.8. The Morgan fingerprint density at radius 1 is 1.12 bits per heavy atom. The van der Waals surface area contributed by atoms with E-state index in [-0.39, 0.29) is 5.91 Å². The smallest absolute Gasteiger partial charge is 0.269 e. The minimum atomic E-state index is -0.124. The van der Waals surface area contributed by atoms with Crippen LogP contribution in [0.4, 0.5) is 5.13 Å². The predicted molar refractivity (Wildman–Crippen MR) is 100 cm³/mol. The highest BCUT2D eigenvalue weighted by molar-refractivity contribution is 7.16. The quantitative estimate of drug-likeness (QED) is 0.725. The van der Waals surface area contributed by atoms with Gasteiger partial charge >= 0.3 is 0 Å². The van der Waals surface area contributed by atoms with Crippen molar-refractivity contribution in [2.45, 2.75) is 33.6 Å². The highest BCUT2D eigenvalue weighted by Gasteiger charge is 2.17. The van der Waals surface area contributed by atoms with Crippen LogP contribution >= 0.6 is 22.7 Å². The zero-order valence-corrected chi connectivity index (χ0v) is 15.6. The van der Waals surface area contributed by atoms with Crippen LogP contribution in [0.15, 0.2) is 30.3 Å². The van der Waals surface area contributed by atoms with Crippen molar-refractivity contribution in [3.63, 3.8) is 0 Å². The van der Waals surface area contributed by atoms with Crippen LogP contribution < -0.4 is 5.32 Å². The second-order valence-electron chi connectivity index (χ2n) is 5.51. The third-order valence-electron chi connectivity index (χ3n) is 3.69. The second-order valence-corrected chi connectivity index (χ2v) is 7.80. The van der Waals surface area contributed by atoms with Crippen molar-refractivity contribution in [1.29, 1.82) is 0 Å². The summed E-state index contributed by atoms with van der Waals surface area (Å²) < 4.78 is 0. The summed E-state index contributed by atoms with van der Waals surface area (Å²) in [5.41, 5.74) is 3.01. The van der Waals surface area contributed by atoms with Gasteiger partial charge in [0, 0.05) is 11.3 Å². The topological polar surface area (TPSA) is 54.9 Å². The van der Waals surface area contributed by atoms with E-state index in [9.17, 15) is 4.79 Å². The molecule has 0 aliphatic rings. The SMILES string of the molecule is CCc1nc(NC(=O)c2sc(Cc3ccccc3)nc2C)sc1C. The average molecular weight is 358 g/mol. The van der Waals surface area contributed by atoms with Gasteiger partial charge in [0.2, 0.25) is 0 Å². The van der Waals surface area contributed by atoms with Gasteiger partial charge in [-0.1, -0.05) is 37.3 Å². The van der Waals surface area contributed by atoms with Gasteiger partial charge < -0.3 is 0 Å². The van der Waals surface area contributed by atoms with E-state index >= 15 is 0 Å². The summed E-state index contributed by atoms with van der Waals surface area (Å²) in [4.78, 5) is 23.4. The van der Waals surface area contributed by atoms with Crippen LogP contribution in [0.1, 0.15) is 43.4 Å². The van der Waals surface area contributed by atoms with E-state index in [1.807, 2.05) is 32.0 Å². The largest absolute Gasteiger partial charge is 0.297 e. The number of carbonyl (C=O) groups is 1. The highest BCUT2D eigenvalue weighted by atomic mass is 32.1. The number of carbonyl (C=O) groups excluding carboxylic acids is 1. The first kappa shape index (κ1) is 16.8. The number of hydrogen-bond acceptors (Lipinski definition) is 5. The molecule has 1 N–H and O–H groups in total. The molecular formula is C18H19N3OS2. The molecule has 0 aliphatic heterocycles. The number of hydrogen-bond donors (Lipinski definition) is 1. The molecule has 0 spiro atoms. The Bertz CT molecular complexity index is 853. The van der Waals surface area contributed by atoms with E-state index in [1.165, 1.54) is 28.2 Å². The van der Waals surface area contributed by atoms with E-state index in [1.54, 1.807) is 0 Å². The molecular weight excluding hydrogens is 338 g/mol. The van der Waals surface area contributed by atoms with Gasteiger partial charge in [-0.2, -0.15) is 0 Å². The van der Waals surface area contributed by atoms with Gasteiger partial charge in [-0.25, -0.2) is 9.97 Å². The zero-order chi connectivity index (χ0) is 17.1. The average Bonchev–Trinajstić information content (AvgIpc) is 3.10. The van der Waals surface area contributed by atoms with E-state index in [0.717, 1.165) is 34.1 Å². The zero-order valence-electron chi connectivity index (χ0n) is 13.9. The monoisotopic (exact) mass is 357 g/mol. The molecule has 3 aromatic rings. The Kier molecular flexibility index (Phi) is 5.06. The molecule has 4 nitrogen and oxygen atoms in total. The fourth-order valence-corrected chi connectivity index (χ4v) is 4.36. The van der Waals surface area contributed by atoms with Gasteiger partial charge in [0.25, 0.3) is 5.91 Å². The number of aryl methyl sites for hydroxylation is 3. The maximum atomic E-state index is 12.5. The summed E-state index contributed by atoms with van der Waals surface area (Å²) in [6.07, 6.45) is 1.62. The standard InChI is InChI=1S/C18H19N3OS2/c1-4-14-12(3)23-18(20-14)21-17(22)16-11(2)19-15(24-16)10-13-8-6-5-7-9-13/h5-9H,4,10H2,1-3H3,(H,20,21,22). The molecule has 0 atom stereocenters. The third-order valence-corrected chi connectivity index (χ3v) is 5.78. The maximum absolute atomic E-state index is 12.5. The number of thiazole rings is 2. The van der Waals surface area contributed by atoms with Crippen molar-refractivity contribution in [2.75, 3.05) is 5.32 Å². The summed E-state index contributed by atoms with van der Waals surface area (Å²) in [5, 5.41) is 4.52. The van der Waals surface area contributed by atoms with Crippen molar-refractivity contribution in [1.82, 2.24) is 9.97 Å². The Morgan fingerprint density at radius 2 is 1.88 bits per heavy atom. The highest BCUT2D eigenvalue weighted by Crippen LogP contribution is 2.25. The van der Waals surface area contributed by atoms with Gasteiger partial charge in [0.1, 0.15) is 4.88 Å². The fraction of sp³-hybridized carbons (Fsp3) is 0.278. The van der Waals surface area contributed by atoms with Crippen LogP contribution in [0, 0.1) is 13.8 Å². The molecule has 1 amide bonds. The first-order valence-corrected chi connectivity index (χ1v) is 9.48. The lowest BCUT2D eigenvalue weighted by Gasteiger charge is -1.99. The predicted octanol–water partition coefficient (Wildman–Crippen LogP) is 4.62. The van der Waals surface area contributed by atoms with Crippen LogP contribution in [0.3, 0.4) is 0 Å². The number of nitrogens with zero attached hydrogens (tertiary/aromatic N) is 2. The van der Waals surface area contributed by atoms with E-state index in [0.29, 0.717) is 10.0 Å². The van der Waals surface area contributed by atoms with Crippen LogP contribution in [0.5, 0.6) is 0 Å². The molecule has 2 aromatic heterocycles. The van der Waals surface area contributed by atoms with E-state index in [4.69, 9.17) is 0 Å². The van der Waals surface area contributed by atoms with Crippen molar-refractivity contribution >= 4 is 33.7 Å². The van der Waals surface area contributed by atoms with Gasteiger partial charge in [-0.05, 0) is 25.8 Å². The van der Waals surface area contributed by atoms with Crippen LogP contribution in [0.25, 0.3) is 0 Å². The van der Waals surface area contributed by atoms with E-state index in [2.05, 4.69) is 34.3 Å². The molecule has 1 aromatic carbocycles. The Morgan fingerprint density at radius 3 is 2.54 bits per heavy atom. The molecule has 2 heterocycles. The summed E-state index contributed by atoms with van der Waals surface area (Å²) >= 11 is 2.97. The summed E-state index contributed by atoms with van der Waals surface area (Å²) in [7, 11) is 0. The summed E-state index contributed by atoms with van der Waals surface area (Å²) in [6, 6.07) is 10.2. The van der Waals surface area contributed by atoms with Crippen molar-refractivity contribution in [3.05, 3.63) is 62.0 Å². The van der Waals surface area contributed by atoms with Crippen molar-refractivity contribution < 1.29 is 4.79 Å². The molecule has 0 radical (unpaired) electrons. The minimum Gasteiger partial charge on any atom is -0.297 e. The molecule has 0 aliphatic carbocycles. The van der Waals surface area contributed by atoms with Gasteiger partial charge in [-0.15, -0.1) is 22.7 Å². The number of nitrogens with one attached hydrogen (secondary N) is 1. The number of aromatic nitrogens is 2. The number of amides is 1. The minimum absolute atomic E-state index is 0.124. The first-order valence-electron chi connectivity index (χ1n) is 7.84. The Hall–Kier alpha value is -2.05. The molecule has 0 saturated carbocycles. The van der Waals surface area contributed by atoms with E-state index < -0.39 is 0 Å². The first-order chi connectivity index (χ1) is 11.6. The molecule has 24 heavy (non-hydrogen) atoms. The van der Waals surface area contributed by atoms with Gasteiger partial charge in [0.05, 0.1) is 16.4 Å². The lowest BCUT2D eigenvalue weighted by Crippen LogP contribution is -2.11. The van der Waals surface area contributed by atoms with Crippen LogP contribution in [0.2, 0.25) is 0 Å². The molecule has 3 rings (SSSR count). The maximum Gasteiger partial charge on any atom is 0.269 e. The molecule has 0 saturated heterocycles. The molecule has 0 unspecified atom stereocenters. The Labute approximate surface area is 149 Å². The number of anilines is 1. The number of benzene rings is 1. The van der Waals surface area contributed by atoms with Gasteiger partial charge in [-0.3, -0.25) is 10.1 Å². The van der Waals surface area contributed by atoms with Crippen LogP contribution in [-0.4, -0.2) is 15.9 Å².